The van der Waals surface area contributed by atoms with Crippen molar-refractivity contribution < 1.29 is 43.0 Å². The van der Waals surface area contributed by atoms with Crippen LogP contribution >= 0.6 is 7.82 Å². The van der Waals surface area contributed by atoms with E-state index < -0.39 is 51.3 Å². The van der Waals surface area contributed by atoms with Gasteiger partial charge in [0.1, 0.15) is 30.7 Å². The quantitative estimate of drug-likeness (QED) is 0.304. The zero-order valence-corrected chi connectivity index (χ0v) is 25.9. The number of ketones is 2. The van der Waals surface area contributed by atoms with Gasteiger partial charge in [-0.05, 0) is 85.7 Å². The molecule has 11 atom stereocenters. The number of rotatable bonds is 8. The van der Waals surface area contributed by atoms with Gasteiger partial charge in [-0.25, -0.2) is 9.36 Å². The van der Waals surface area contributed by atoms with Crippen LogP contribution in [0.3, 0.4) is 0 Å². The van der Waals surface area contributed by atoms with Crippen LogP contribution in [0.25, 0.3) is 0 Å². The lowest BCUT2D eigenvalue weighted by atomic mass is 9.46. The molecule has 0 aromatic carbocycles. The van der Waals surface area contributed by atoms with Gasteiger partial charge in [-0.15, -0.1) is 0 Å². The number of ether oxygens (including phenoxy) is 1. The zero-order chi connectivity index (χ0) is 31.6. The van der Waals surface area contributed by atoms with Gasteiger partial charge in [0.2, 0.25) is 0 Å². The molecule has 1 unspecified atom stereocenters. The van der Waals surface area contributed by atoms with Crippen molar-refractivity contribution in [1.29, 1.82) is 0 Å². The molecule has 242 valence electrons. The number of nitrogens with two attached hydrogens (primary N) is 1. The molecule has 0 radical (unpaired) electrons. The van der Waals surface area contributed by atoms with Gasteiger partial charge < -0.3 is 25.6 Å². The van der Waals surface area contributed by atoms with Crippen molar-refractivity contribution >= 4 is 25.2 Å². The summed E-state index contributed by atoms with van der Waals surface area (Å²) < 4.78 is 29.4. The highest BCUT2D eigenvalue weighted by molar-refractivity contribution is 7.47. The Bertz CT molecular complexity index is 1460. The van der Waals surface area contributed by atoms with Crippen LogP contribution in [0.2, 0.25) is 0 Å². The highest BCUT2D eigenvalue weighted by Gasteiger charge is 2.60. The maximum Gasteiger partial charge on any atom is 0.472 e. The number of aromatic nitrogens is 2. The molecule has 1 aliphatic heterocycles. The van der Waals surface area contributed by atoms with Gasteiger partial charge in [0.25, 0.3) is 0 Å². The van der Waals surface area contributed by atoms with E-state index in [4.69, 9.17) is 19.5 Å². The summed E-state index contributed by atoms with van der Waals surface area (Å²) in [4.78, 5) is 51.6. The Morgan fingerprint density at radius 2 is 1.89 bits per heavy atom. The van der Waals surface area contributed by atoms with E-state index in [0.717, 1.165) is 43.1 Å². The predicted molar refractivity (Wildman–Crippen MR) is 156 cm³/mol. The standard InChI is InChI=1S/C30H42N3O10P/c1-29-10-7-17(34)13-16(29)3-4-18-19-5-6-21(30(19,2)11-8-20(18)29)22(35)14-41-44(39,40)42-15-23-25(36)26(37)27(43-23)33-12-9-24(31)32-28(33)38/h9,12-13,18-21,23,25-27,36-37H,3-8,10-11,14-15H2,1-2H3,(H,39,40)(H2,31,32,38)/t18-,19-,20-,21+,23+,25-,26-,27+,29-,30-/m0/s1. The average Bonchev–Trinajstić information content (AvgIpc) is 3.47. The van der Waals surface area contributed by atoms with E-state index in [1.54, 1.807) is 0 Å². The molecule has 1 aromatic rings. The van der Waals surface area contributed by atoms with Crippen LogP contribution in [0.1, 0.15) is 71.4 Å². The molecule has 0 spiro atoms. The molecule has 4 fully saturated rings. The minimum absolute atomic E-state index is 0.0283. The first-order valence-electron chi connectivity index (χ1n) is 15.5. The number of Topliss-reactive ketones (excluding diaryl/α,β-unsaturated/α-hetero) is 1. The van der Waals surface area contributed by atoms with E-state index in [9.17, 15) is 34.1 Å². The lowest BCUT2D eigenvalue weighted by Crippen LogP contribution is -2.51. The molecule has 14 heteroatoms. The molecule has 3 saturated carbocycles. The number of nitrogen functional groups attached to an aromatic ring is 1. The van der Waals surface area contributed by atoms with Crippen molar-refractivity contribution in [3.63, 3.8) is 0 Å². The Kier molecular flexibility index (Phi) is 8.31. The molecule has 13 nitrogen and oxygen atoms in total. The van der Waals surface area contributed by atoms with E-state index in [-0.39, 0.29) is 34.1 Å². The van der Waals surface area contributed by atoms with E-state index in [1.165, 1.54) is 17.8 Å². The summed E-state index contributed by atoms with van der Waals surface area (Å²) >= 11 is 0. The monoisotopic (exact) mass is 635 g/mol. The number of fused-ring (bicyclic) bond motifs is 5. The van der Waals surface area contributed by atoms with Gasteiger partial charge >= 0.3 is 13.5 Å². The van der Waals surface area contributed by atoms with Gasteiger partial charge in [0, 0.05) is 18.5 Å². The fourth-order valence-corrected chi connectivity index (χ4v) is 9.96. The van der Waals surface area contributed by atoms with Crippen LogP contribution in [0.15, 0.2) is 28.7 Å². The molecule has 1 saturated heterocycles. The topological polar surface area (TPSA) is 200 Å². The molecule has 5 aliphatic rings. The Hall–Kier alpha value is -2.25. The Labute approximate surface area is 255 Å². The molecule has 0 bridgehead atoms. The number of carbonyl (C=O) groups excluding carboxylic acids is 2. The normalized spacial score (nSPS) is 41.3. The number of phosphoric ester groups is 1. The summed E-state index contributed by atoms with van der Waals surface area (Å²) in [5.41, 5.74) is 5.79. The maximum atomic E-state index is 13.4. The maximum absolute atomic E-state index is 13.4. The minimum Gasteiger partial charge on any atom is -0.387 e. The highest BCUT2D eigenvalue weighted by Crippen LogP contribution is 2.66. The number of aliphatic hydroxyl groups excluding tert-OH is 2. The summed E-state index contributed by atoms with van der Waals surface area (Å²) in [5, 5.41) is 20.8. The molecular formula is C30H42N3O10P. The second kappa shape index (κ2) is 11.5. The summed E-state index contributed by atoms with van der Waals surface area (Å²) in [6.45, 7) is 3.27. The summed E-state index contributed by atoms with van der Waals surface area (Å²) in [6.07, 6.45) is 4.38. The number of hydrogen-bond donors (Lipinski definition) is 4. The van der Waals surface area contributed by atoms with E-state index in [2.05, 4.69) is 18.8 Å². The van der Waals surface area contributed by atoms with Gasteiger partial charge in [-0.3, -0.25) is 23.2 Å². The summed E-state index contributed by atoms with van der Waals surface area (Å²) in [7, 11) is -4.73. The summed E-state index contributed by atoms with van der Waals surface area (Å²) in [6, 6.07) is 1.32. The molecule has 6 rings (SSSR count). The Morgan fingerprint density at radius 1 is 1.11 bits per heavy atom. The molecule has 1 aromatic heterocycles. The Balaban J connectivity index is 1.04. The smallest absolute Gasteiger partial charge is 0.387 e. The van der Waals surface area contributed by atoms with Crippen LogP contribution in [-0.4, -0.2) is 67.7 Å². The second-order valence-corrected chi connectivity index (χ2v) is 15.2. The number of aliphatic hydroxyl groups is 2. The van der Waals surface area contributed by atoms with Gasteiger partial charge in [-0.2, -0.15) is 4.98 Å². The molecule has 2 heterocycles. The molecule has 0 amide bonds. The minimum atomic E-state index is -4.73. The van der Waals surface area contributed by atoms with E-state index >= 15 is 0 Å². The fraction of sp³-hybridized carbons (Fsp3) is 0.733. The van der Waals surface area contributed by atoms with Gasteiger partial charge in [-0.1, -0.05) is 19.4 Å². The van der Waals surface area contributed by atoms with Crippen LogP contribution in [0.4, 0.5) is 5.82 Å². The Morgan fingerprint density at radius 3 is 2.64 bits per heavy atom. The molecule has 5 N–H and O–H groups in total. The fourth-order valence-electron chi connectivity index (χ4n) is 9.26. The van der Waals surface area contributed by atoms with Crippen LogP contribution in [0.5, 0.6) is 0 Å². The zero-order valence-electron chi connectivity index (χ0n) is 25.0. The third-order valence-corrected chi connectivity index (χ3v) is 12.5. The van der Waals surface area contributed by atoms with Crippen LogP contribution < -0.4 is 11.4 Å². The van der Waals surface area contributed by atoms with Gasteiger partial charge in [0.05, 0.1) is 6.61 Å². The molecular weight excluding hydrogens is 593 g/mol. The third kappa shape index (κ3) is 5.44. The van der Waals surface area contributed by atoms with E-state index in [0.29, 0.717) is 30.6 Å². The molecule has 4 aliphatic carbocycles. The first-order valence-corrected chi connectivity index (χ1v) is 17.0. The van der Waals surface area contributed by atoms with Crippen molar-refractivity contribution in [3.05, 3.63) is 34.4 Å². The summed E-state index contributed by atoms with van der Waals surface area (Å²) in [5.74, 6) is 1.01. The first-order chi connectivity index (χ1) is 20.7. The number of phosphoric acid groups is 1. The van der Waals surface area contributed by atoms with Gasteiger partial charge in [0.15, 0.2) is 17.8 Å². The SMILES string of the molecule is C[C@]12CC[C@H]3[C@@H](CCC4=CC(=O)CC[C@@]43C)[C@@H]1CC[C@@H]2C(=O)COP(=O)(O)OC[C@H]1O[C@@H](n2ccc(N)nc2=O)[C@@H](O)[C@H]1O. The van der Waals surface area contributed by atoms with Crippen LogP contribution in [-0.2, 0) is 27.9 Å². The van der Waals surface area contributed by atoms with Crippen molar-refractivity contribution in [2.75, 3.05) is 18.9 Å². The first kappa shape index (κ1) is 31.7. The number of carbonyl (C=O) groups is 2. The predicted octanol–water partition coefficient (Wildman–Crippen LogP) is 2.30. The van der Waals surface area contributed by atoms with E-state index in [1.807, 2.05) is 6.08 Å². The van der Waals surface area contributed by atoms with Crippen molar-refractivity contribution in [3.8, 4) is 0 Å². The third-order valence-electron chi connectivity index (χ3n) is 11.6. The lowest BCUT2D eigenvalue weighted by molar-refractivity contribution is -0.133. The van der Waals surface area contributed by atoms with Crippen LogP contribution in [0, 0.1) is 34.5 Å². The second-order valence-electron chi connectivity index (χ2n) is 13.7. The van der Waals surface area contributed by atoms with Crippen molar-refractivity contribution in [2.45, 2.75) is 89.8 Å². The highest BCUT2D eigenvalue weighted by atomic mass is 31.2. The average molecular weight is 636 g/mol. The number of anilines is 1. The van der Waals surface area contributed by atoms with Crippen molar-refractivity contribution in [2.24, 2.45) is 34.5 Å². The molecule has 44 heavy (non-hydrogen) atoms. The lowest BCUT2D eigenvalue weighted by Gasteiger charge is -2.58. The largest absolute Gasteiger partial charge is 0.472 e. The number of nitrogens with zero attached hydrogens (tertiary/aromatic N) is 2. The van der Waals surface area contributed by atoms with Crippen molar-refractivity contribution in [1.82, 2.24) is 9.55 Å². The number of allylic oxidation sites excluding steroid dienone is 1. The number of hydrogen-bond acceptors (Lipinski definition) is 11.